The SMILES string of the molecule is COCCOc1cc(C)ccc1NC(=O)C(C)(C)C. The van der Waals surface area contributed by atoms with E-state index in [2.05, 4.69) is 5.32 Å². The number of carbonyl (C=O) groups excluding carboxylic acids is 1. The first-order valence-electron chi connectivity index (χ1n) is 6.38. The lowest BCUT2D eigenvalue weighted by Gasteiger charge is -2.19. The molecule has 1 amide bonds. The fourth-order valence-electron chi connectivity index (χ4n) is 1.40. The quantitative estimate of drug-likeness (QED) is 0.832. The molecule has 0 saturated heterocycles. The Balaban J connectivity index is 2.84. The normalized spacial score (nSPS) is 11.2. The van der Waals surface area contributed by atoms with Crippen LogP contribution in [0.3, 0.4) is 0 Å². The minimum Gasteiger partial charge on any atom is -0.489 e. The Bertz CT molecular complexity index is 436. The zero-order valence-electron chi connectivity index (χ0n) is 12.4. The fraction of sp³-hybridized carbons (Fsp3) is 0.533. The van der Waals surface area contributed by atoms with Crippen LogP contribution in [0.25, 0.3) is 0 Å². The van der Waals surface area contributed by atoms with Crippen molar-refractivity contribution in [3.8, 4) is 5.75 Å². The molecule has 0 radical (unpaired) electrons. The lowest BCUT2D eigenvalue weighted by atomic mass is 9.95. The molecular weight excluding hydrogens is 242 g/mol. The van der Waals surface area contributed by atoms with Gasteiger partial charge in [0.15, 0.2) is 0 Å². The number of methoxy groups -OCH3 is 1. The average Bonchev–Trinajstić information content (AvgIpc) is 2.31. The van der Waals surface area contributed by atoms with Crippen LogP contribution in [0.4, 0.5) is 5.69 Å². The number of nitrogens with one attached hydrogen (secondary N) is 1. The summed E-state index contributed by atoms with van der Waals surface area (Å²) in [5.41, 5.74) is 1.34. The first kappa shape index (κ1) is 15.5. The lowest BCUT2D eigenvalue weighted by molar-refractivity contribution is -0.123. The predicted molar refractivity (Wildman–Crippen MR) is 76.6 cm³/mol. The molecule has 0 heterocycles. The minimum absolute atomic E-state index is 0.0343. The molecular formula is C15H23NO3. The minimum atomic E-state index is -0.436. The van der Waals surface area contributed by atoms with Gasteiger partial charge in [-0.15, -0.1) is 0 Å². The molecule has 0 saturated carbocycles. The van der Waals surface area contributed by atoms with Crippen molar-refractivity contribution in [2.45, 2.75) is 27.7 Å². The highest BCUT2D eigenvalue weighted by Gasteiger charge is 2.22. The van der Waals surface area contributed by atoms with Crippen molar-refractivity contribution in [1.82, 2.24) is 0 Å². The molecule has 4 nitrogen and oxygen atoms in total. The van der Waals surface area contributed by atoms with Crippen LogP contribution in [0.1, 0.15) is 26.3 Å². The Kier molecular flexibility index (Phi) is 5.36. The van der Waals surface area contributed by atoms with Crippen LogP contribution < -0.4 is 10.1 Å². The zero-order chi connectivity index (χ0) is 14.5. The van der Waals surface area contributed by atoms with Crippen molar-refractivity contribution in [2.24, 2.45) is 5.41 Å². The monoisotopic (exact) mass is 265 g/mol. The van der Waals surface area contributed by atoms with Gasteiger partial charge in [-0.05, 0) is 24.6 Å². The van der Waals surface area contributed by atoms with Gasteiger partial charge < -0.3 is 14.8 Å². The van der Waals surface area contributed by atoms with Crippen molar-refractivity contribution in [2.75, 3.05) is 25.6 Å². The number of hydrogen-bond acceptors (Lipinski definition) is 3. The summed E-state index contributed by atoms with van der Waals surface area (Å²) in [7, 11) is 1.63. The second-order valence-corrected chi connectivity index (χ2v) is 5.54. The maximum Gasteiger partial charge on any atom is 0.229 e. The standard InChI is InChI=1S/C15H23NO3/c1-11-6-7-12(16-14(17)15(2,3)4)13(10-11)19-9-8-18-5/h6-7,10H,8-9H2,1-5H3,(H,16,17). The Labute approximate surface area is 115 Å². The second-order valence-electron chi connectivity index (χ2n) is 5.54. The maximum absolute atomic E-state index is 12.0. The summed E-state index contributed by atoms with van der Waals surface area (Å²) >= 11 is 0. The predicted octanol–water partition coefficient (Wildman–Crippen LogP) is 3.00. The van der Waals surface area contributed by atoms with E-state index in [9.17, 15) is 4.79 Å². The van der Waals surface area contributed by atoms with Crippen LogP contribution in [0.2, 0.25) is 0 Å². The number of anilines is 1. The Morgan fingerprint density at radius 1 is 1.26 bits per heavy atom. The molecule has 0 fully saturated rings. The molecule has 0 aromatic heterocycles. The molecule has 0 spiro atoms. The van der Waals surface area contributed by atoms with E-state index in [4.69, 9.17) is 9.47 Å². The molecule has 1 aromatic rings. The van der Waals surface area contributed by atoms with E-state index in [-0.39, 0.29) is 5.91 Å². The van der Waals surface area contributed by atoms with Crippen LogP contribution in [0.5, 0.6) is 5.75 Å². The summed E-state index contributed by atoms with van der Waals surface area (Å²) in [4.78, 5) is 12.0. The van der Waals surface area contributed by atoms with E-state index in [1.807, 2.05) is 45.9 Å². The van der Waals surface area contributed by atoms with Gasteiger partial charge in [0.2, 0.25) is 5.91 Å². The summed E-state index contributed by atoms with van der Waals surface area (Å²) < 4.78 is 10.6. The van der Waals surface area contributed by atoms with E-state index in [1.54, 1.807) is 7.11 Å². The van der Waals surface area contributed by atoms with E-state index < -0.39 is 5.41 Å². The number of hydrogen-bond donors (Lipinski definition) is 1. The molecule has 1 rings (SSSR count). The summed E-state index contributed by atoms with van der Waals surface area (Å²) in [6.45, 7) is 8.59. The van der Waals surface area contributed by atoms with Crippen LogP contribution in [-0.2, 0) is 9.53 Å². The molecule has 4 heteroatoms. The number of carbonyl (C=O) groups is 1. The third-order valence-electron chi connectivity index (χ3n) is 2.61. The van der Waals surface area contributed by atoms with Gasteiger partial charge in [0.05, 0.1) is 12.3 Å². The summed E-state index contributed by atoms with van der Waals surface area (Å²) in [5, 5.41) is 2.90. The van der Waals surface area contributed by atoms with Gasteiger partial charge in [-0.3, -0.25) is 4.79 Å². The third-order valence-corrected chi connectivity index (χ3v) is 2.61. The molecule has 106 valence electrons. The molecule has 0 aliphatic carbocycles. The van der Waals surface area contributed by atoms with Crippen molar-refractivity contribution in [3.05, 3.63) is 23.8 Å². The van der Waals surface area contributed by atoms with Crippen molar-refractivity contribution in [1.29, 1.82) is 0 Å². The van der Waals surface area contributed by atoms with Crippen LogP contribution in [0.15, 0.2) is 18.2 Å². The fourth-order valence-corrected chi connectivity index (χ4v) is 1.40. The van der Waals surface area contributed by atoms with Crippen molar-refractivity contribution >= 4 is 11.6 Å². The van der Waals surface area contributed by atoms with Gasteiger partial charge in [-0.1, -0.05) is 26.8 Å². The van der Waals surface area contributed by atoms with Crippen molar-refractivity contribution < 1.29 is 14.3 Å². The molecule has 0 unspecified atom stereocenters. The molecule has 0 bridgehead atoms. The number of ether oxygens (including phenoxy) is 2. The largest absolute Gasteiger partial charge is 0.489 e. The van der Waals surface area contributed by atoms with Gasteiger partial charge >= 0.3 is 0 Å². The maximum atomic E-state index is 12.0. The second kappa shape index (κ2) is 6.57. The first-order chi connectivity index (χ1) is 8.84. The Morgan fingerprint density at radius 2 is 1.95 bits per heavy atom. The smallest absolute Gasteiger partial charge is 0.229 e. The number of benzene rings is 1. The molecule has 19 heavy (non-hydrogen) atoms. The summed E-state index contributed by atoms with van der Waals surface area (Å²) in [5.74, 6) is 0.641. The van der Waals surface area contributed by atoms with Gasteiger partial charge in [0.25, 0.3) is 0 Å². The number of rotatable bonds is 5. The van der Waals surface area contributed by atoms with Crippen LogP contribution in [0, 0.1) is 12.3 Å². The molecule has 0 atom stereocenters. The number of aryl methyl sites for hydroxylation is 1. The highest BCUT2D eigenvalue weighted by Crippen LogP contribution is 2.27. The highest BCUT2D eigenvalue weighted by molar-refractivity contribution is 5.95. The Hall–Kier alpha value is -1.55. The van der Waals surface area contributed by atoms with Gasteiger partial charge in [0, 0.05) is 12.5 Å². The lowest BCUT2D eigenvalue weighted by Crippen LogP contribution is -2.27. The van der Waals surface area contributed by atoms with E-state index in [0.29, 0.717) is 24.7 Å². The van der Waals surface area contributed by atoms with Crippen molar-refractivity contribution in [3.63, 3.8) is 0 Å². The third kappa shape index (κ3) is 4.91. The first-order valence-corrected chi connectivity index (χ1v) is 6.38. The number of amides is 1. The molecule has 1 N–H and O–H groups in total. The van der Waals surface area contributed by atoms with Gasteiger partial charge in [-0.25, -0.2) is 0 Å². The van der Waals surface area contributed by atoms with Gasteiger partial charge in [-0.2, -0.15) is 0 Å². The van der Waals surface area contributed by atoms with Crippen LogP contribution >= 0.6 is 0 Å². The summed E-state index contributed by atoms with van der Waals surface area (Å²) in [6.07, 6.45) is 0. The average molecular weight is 265 g/mol. The topological polar surface area (TPSA) is 47.6 Å². The summed E-state index contributed by atoms with van der Waals surface area (Å²) in [6, 6.07) is 5.72. The van der Waals surface area contributed by atoms with E-state index in [1.165, 1.54) is 0 Å². The molecule has 0 aliphatic rings. The van der Waals surface area contributed by atoms with E-state index >= 15 is 0 Å². The van der Waals surface area contributed by atoms with Crippen LogP contribution in [-0.4, -0.2) is 26.2 Å². The highest BCUT2D eigenvalue weighted by atomic mass is 16.5. The van der Waals surface area contributed by atoms with Gasteiger partial charge in [0.1, 0.15) is 12.4 Å². The zero-order valence-corrected chi connectivity index (χ0v) is 12.4. The Morgan fingerprint density at radius 3 is 2.53 bits per heavy atom. The molecule has 0 aliphatic heterocycles. The molecule has 1 aromatic carbocycles. The van der Waals surface area contributed by atoms with E-state index in [0.717, 1.165) is 5.56 Å².